The fourth-order valence-electron chi connectivity index (χ4n) is 4.33. The molecule has 1 saturated heterocycles. The highest BCUT2D eigenvalue weighted by atomic mass is 19.4. The molecule has 1 aliphatic heterocycles. The van der Waals surface area contributed by atoms with Crippen LogP contribution in [-0.4, -0.2) is 45.7 Å². The molecule has 174 valence electrons. The molecule has 1 fully saturated rings. The Bertz CT molecular complexity index is 1170. The molecule has 4 rings (SSSR count). The summed E-state index contributed by atoms with van der Waals surface area (Å²) in [6.45, 7) is 5.52. The van der Waals surface area contributed by atoms with E-state index in [0.29, 0.717) is 29.3 Å². The minimum atomic E-state index is -4.54. The van der Waals surface area contributed by atoms with E-state index in [1.165, 1.54) is 6.07 Å². The summed E-state index contributed by atoms with van der Waals surface area (Å²) >= 11 is 0. The average Bonchev–Trinajstić information content (AvgIpc) is 3.19. The molecule has 0 atom stereocenters. The first kappa shape index (κ1) is 23.2. The van der Waals surface area contributed by atoms with Crippen LogP contribution in [-0.2, 0) is 24.6 Å². The summed E-state index contributed by atoms with van der Waals surface area (Å²) in [5.74, 6) is 0.285. The third kappa shape index (κ3) is 5.02. The van der Waals surface area contributed by atoms with Crippen molar-refractivity contribution in [3.05, 3.63) is 47.4 Å². The Labute approximate surface area is 190 Å². The van der Waals surface area contributed by atoms with Crippen molar-refractivity contribution >= 4 is 11.0 Å². The summed E-state index contributed by atoms with van der Waals surface area (Å²) in [6, 6.07) is 7.76. The monoisotopic (exact) mass is 457 g/mol. The van der Waals surface area contributed by atoms with Crippen molar-refractivity contribution in [1.29, 1.82) is 5.26 Å². The van der Waals surface area contributed by atoms with E-state index >= 15 is 0 Å². The Balaban J connectivity index is 1.58. The Morgan fingerprint density at radius 3 is 2.61 bits per heavy atom. The largest absolute Gasteiger partial charge is 0.416 e. The summed E-state index contributed by atoms with van der Waals surface area (Å²) in [5, 5.41) is 9.86. The summed E-state index contributed by atoms with van der Waals surface area (Å²) in [4.78, 5) is 10.7. The molecular formula is C24H26F3N5O. The zero-order chi connectivity index (χ0) is 23.6. The highest BCUT2D eigenvalue weighted by Crippen LogP contribution is 2.36. The van der Waals surface area contributed by atoms with Crippen molar-refractivity contribution in [2.45, 2.75) is 32.5 Å². The molecule has 0 spiro atoms. The molecule has 6 nitrogen and oxygen atoms in total. The molecule has 0 N–H and O–H groups in total. The van der Waals surface area contributed by atoms with E-state index in [1.807, 2.05) is 6.07 Å². The third-order valence-corrected chi connectivity index (χ3v) is 6.28. The van der Waals surface area contributed by atoms with Crippen LogP contribution in [0.5, 0.6) is 0 Å². The molecule has 2 aromatic heterocycles. The predicted octanol–water partition coefficient (Wildman–Crippen LogP) is 4.77. The van der Waals surface area contributed by atoms with E-state index in [2.05, 4.69) is 21.8 Å². The molecule has 9 heteroatoms. The third-order valence-electron chi connectivity index (χ3n) is 6.28. The van der Waals surface area contributed by atoms with Crippen LogP contribution in [0, 0.1) is 17.2 Å². The molecular weight excluding hydrogens is 431 g/mol. The number of hydrogen-bond acceptors (Lipinski definition) is 5. The van der Waals surface area contributed by atoms with Crippen molar-refractivity contribution in [1.82, 2.24) is 19.4 Å². The second-order valence-electron chi connectivity index (χ2n) is 8.43. The Kier molecular flexibility index (Phi) is 6.68. The molecule has 33 heavy (non-hydrogen) atoms. The highest BCUT2D eigenvalue weighted by molar-refractivity contribution is 5.91. The number of alkyl halides is 3. The van der Waals surface area contributed by atoms with Gasteiger partial charge in [0, 0.05) is 30.8 Å². The summed E-state index contributed by atoms with van der Waals surface area (Å²) < 4.78 is 49.2. The molecule has 0 radical (unpaired) electrons. The quantitative estimate of drug-likeness (QED) is 0.533. The maximum atomic E-state index is 13.9. The van der Waals surface area contributed by atoms with Gasteiger partial charge < -0.3 is 14.2 Å². The number of ether oxygens (including phenoxy) is 1. The molecule has 0 aliphatic carbocycles. The summed E-state index contributed by atoms with van der Waals surface area (Å²) in [7, 11) is 1.76. The van der Waals surface area contributed by atoms with E-state index in [1.54, 1.807) is 29.9 Å². The number of fused-ring (bicyclic) bond motifs is 1. The van der Waals surface area contributed by atoms with E-state index in [-0.39, 0.29) is 23.6 Å². The maximum absolute atomic E-state index is 13.9. The number of likely N-dealkylation sites (tertiary alicyclic amines) is 1. The van der Waals surface area contributed by atoms with Gasteiger partial charge in [-0.05, 0) is 56.1 Å². The van der Waals surface area contributed by atoms with Gasteiger partial charge in [-0.15, -0.1) is 0 Å². The zero-order valence-electron chi connectivity index (χ0n) is 18.7. The van der Waals surface area contributed by atoms with Crippen LogP contribution in [0.15, 0.2) is 30.5 Å². The van der Waals surface area contributed by atoms with Gasteiger partial charge >= 0.3 is 6.18 Å². The lowest BCUT2D eigenvalue weighted by Gasteiger charge is -2.30. The van der Waals surface area contributed by atoms with Crippen LogP contribution >= 0.6 is 0 Å². The molecule has 1 aromatic carbocycles. The van der Waals surface area contributed by atoms with E-state index in [9.17, 15) is 18.4 Å². The van der Waals surface area contributed by atoms with E-state index in [0.717, 1.165) is 38.5 Å². The van der Waals surface area contributed by atoms with Crippen molar-refractivity contribution in [3.8, 4) is 17.3 Å². The number of nitrogens with zero attached hydrogens (tertiary/aromatic N) is 5. The number of aryl methyl sites for hydroxylation is 1. The van der Waals surface area contributed by atoms with Gasteiger partial charge in [0.05, 0.1) is 17.9 Å². The fourth-order valence-corrected chi connectivity index (χ4v) is 4.33. The Morgan fingerprint density at radius 2 is 1.94 bits per heavy atom. The molecule has 1 aliphatic rings. The fraction of sp³-hybridized carbons (Fsp3) is 0.458. The molecule has 0 bridgehead atoms. The van der Waals surface area contributed by atoms with Crippen LogP contribution in [0.25, 0.3) is 22.3 Å². The normalized spacial score (nSPS) is 15.8. The van der Waals surface area contributed by atoms with E-state index < -0.39 is 11.7 Å². The summed E-state index contributed by atoms with van der Waals surface area (Å²) in [6.07, 6.45) is -0.800. The average molecular weight is 458 g/mol. The van der Waals surface area contributed by atoms with Crippen molar-refractivity contribution < 1.29 is 17.9 Å². The van der Waals surface area contributed by atoms with Gasteiger partial charge in [0.15, 0.2) is 0 Å². The first-order valence-electron chi connectivity index (χ1n) is 11.0. The van der Waals surface area contributed by atoms with E-state index in [4.69, 9.17) is 4.74 Å². The lowest BCUT2D eigenvalue weighted by Crippen LogP contribution is -2.34. The van der Waals surface area contributed by atoms with Crippen molar-refractivity contribution in [3.63, 3.8) is 0 Å². The lowest BCUT2D eigenvalue weighted by atomic mass is 9.97. The smallest absolute Gasteiger partial charge is 0.376 e. The maximum Gasteiger partial charge on any atom is 0.416 e. The van der Waals surface area contributed by atoms with Gasteiger partial charge in [0.2, 0.25) is 5.82 Å². The SMILES string of the molecule is CCN1CCC(COCc2ccc(-c3nc(C#N)nc4c3ccn4C)cc2C(F)(F)F)CC1. The van der Waals surface area contributed by atoms with Gasteiger partial charge in [0.25, 0.3) is 0 Å². The number of rotatable bonds is 6. The van der Waals surface area contributed by atoms with Gasteiger partial charge in [-0.1, -0.05) is 19.1 Å². The first-order chi connectivity index (χ1) is 15.8. The number of piperidine rings is 1. The van der Waals surface area contributed by atoms with Gasteiger partial charge in [-0.25, -0.2) is 9.97 Å². The van der Waals surface area contributed by atoms with Crippen LogP contribution in [0.3, 0.4) is 0 Å². The minimum Gasteiger partial charge on any atom is -0.376 e. The predicted molar refractivity (Wildman–Crippen MR) is 118 cm³/mol. The van der Waals surface area contributed by atoms with Gasteiger partial charge in [0.1, 0.15) is 11.7 Å². The van der Waals surface area contributed by atoms with Gasteiger partial charge in [-0.3, -0.25) is 0 Å². The minimum absolute atomic E-state index is 0.0885. The molecule has 3 aromatic rings. The number of aromatic nitrogens is 3. The molecule has 0 saturated carbocycles. The molecule has 0 unspecified atom stereocenters. The number of benzene rings is 1. The number of hydrogen-bond donors (Lipinski definition) is 0. The van der Waals surface area contributed by atoms with Gasteiger partial charge in [-0.2, -0.15) is 18.4 Å². The molecule has 3 heterocycles. The first-order valence-corrected chi connectivity index (χ1v) is 11.0. The van der Waals surface area contributed by atoms with Crippen LogP contribution in [0.2, 0.25) is 0 Å². The topological polar surface area (TPSA) is 67.0 Å². The second kappa shape index (κ2) is 9.49. The Hall–Kier alpha value is -2.96. The number of halogens is 3. The number of nitriles is 1. The zero-order valence-corrected chi connectivity index (χ0v) is 18.7. The highest BCUT2D eigenvalue weighted by Gasteiger charge is 2.34. The van der Waals surface area contributed by atoms with Crippen molar-refractivity contribution in [2.75, 3.05) is 26.2 Å². The second-order valence-corrected chi connectivity index (χ2v) is 8.43. The summed E-state index contributed by atoms with van der Waals surface area (Å²) in [5.41, 5.74) is 0.427. The van der Waals surface area contributed by atoms with Crippen LogP contribution in [0.4, 0.5) is 13.2 Å². The van der Waals surface area contributed by atoms with Crippen molar-refractivity contribution in [2.24, 2.45) is 13.0 Å². The molecule has 0 amide bonds. The lowest BCUT2D eigenvalue weighted by molar-refractivity contribution is -0.138. The van der Waals surface area contributed by atoms with Crippen LogP contribution in [0.1, 0.15) is 36.7 Å². The van der Waals surface area contributed by atoms with Crippen LogP contribution < -0.4 is 0 Å². The standard InChI is InChI=1S/C24H26F3N5O/c1-3-32-10-6-16(7-11-32)14-33-15-18-5-4-17(12-20(18)24(25,26)27)22-19-8-9-31(2)23(19)30-21(13-28)29-22/h4-5,8-9,12,16H,3,6-7,10-11,14-15H2,1-2H3. The Morgan fingerprint density at radius 1 is 1.18 bits per heavy atom.